The van der Waals surface area contributed by atoms with E-state index in [4.69, 9.17) is 0 Å². The topological polar surface area (TPSA) is 51.0 Å². The lowest BCUT2D eigenvalue weighted by Crippen LogP contribution is -2.41. The summed E-state index contributed by atoms with van der Waals surface area (Å²) in [6, 6.07) is 5.77. The van der Waals surface area contributed by atoms with Crippen LogP contribution in [0.15, 0.2) is 36.8 Å². The Bertz CT molecular complexity index is 617. The number of carbonyl (C=O) groups is 1. The van der Waals surface area contributed by atoms with Gasteiger partial charge in [0.15, 0.2) is 0 Å². The molecule has 0 unspecified atom stereocenters. The van der Waals surface area contributed by atoms with Crippen molar-refractivity contribution in [3.05, 3.63) is 48.3 Å². The first kappa shape index (κ1) is 14.8. The zero-order valence-corrected chi connectivity index (χ0v) is 13.0. The van der Waals surface area contributed by atoms with Crippen LogP contribution in [0.5, 0.6) is 0 Å². The molecule has 0 aliphatic heterocycles. The van der Waals surface area contributed by atoms with Gasteiger partial charge in [-0.2, -0.15) is 0 Å². The first-order chi connectivity index (χ1) is 10.8. The minimum atomic E-state index is 0.00972. The molecular weight excluding hydrogens is 276 g/mol. The molecule has 0 N–H and O–H groups in total. The second kappa shape index (κ2) is 6.73. The number of amides is 1. The fraction of sp³-hybridized carbons (Fsp3) is 0.471. The molecule has 0 radical (unpaired) electrons. The summed E-state index contributed by atoms with van der Waals surface area (Å²) >= 11 is 0. The second-order valence-electron chi connectivity index (χ2n) is 5.89. The number of rotatable bonds is 4. The van der Waals surface area contributed by atoms with Crippen LogP contribution in [0.4, 0.5) is 0 Å². The van der Waals surface area contributed by atoms with Crippen molar-refractivity contribution in [1.82, 2.24) is 19.4 Å². The van der Waals surface area contributed by atoms with Gasteiger partial charge < -0.3 is 9.47 Å². The van der Waals surface area contributed by atoms with Gasteiger partial charge >= 0.3 is 0 Å². The Morgan fingerprint density at radius 3 is 2.68 bits per heavy atom. The highest BCUT2D eigenvalue weighted by Gasteiger charge is 2.27. The fourth-order valence-corrected chi connectivity index (χ4v) is 3.10. The molecule has 1 fully saturated rings. The number of pyridine rings is 1. The zero-order chi connectivity index (χ0) is 15.4. The minimum Gasteiger partial charge on any atom is -0.337 e. The molecule has 5 nitrogen and oxygen atoms in total. The van der Waals surface area contributed by atoms with E-state index in [1.165, 1.54) is 19.3 Å². The lowest BCUT2D eigenvalue weighted by Gasteiger charge is -2.34. The summed E-state index contributed by atoms with van der Waals surface area (Å²) < 4.78 is 1.97. The van der Waals surface area contributed by atoms with Gasteiger partial charge in [-0.1, -0.05) is 25.3 Å². The molecule has 3 rings (SSSR count). The standard InChI is InChI=1S/C17H22N4O/c1-20-12-11-19-16(20)13-21(14-7-3-2-4-8-14)17(22)15-9-5-6-10-18-15/h5-6,9-12,14H,2-4,7-8,13H2,1H3. The third-order valence-corrected chi connectivity index (χ3v) is 4.39. The van der Waals surface area contributed by atoms with Crippen LogP contribution < -0.4 is 0 Å². The van der Waals surface area contributed by atoms with Gasteiger partial charge in [-0.25, -0.2) is 4.98 Å². The van der Waals surface area contributed by atoms with Crippen molar-refractivity contribution < 1.29 is 4.79 Å². The molecule has 2 heterocycles. The summed E-state index contributed by atoms with van der Waals surface area (Å²) in [5.74, 6) is 0.922. The van der Waals surface area contributed by atoms with E-state index in [1.807, 2.05) is 34.8 Å². The molecule has 2 aromatic rings. The van der Waals surface area contributed by atoms with Crippen LogP contribution in [-0.4, -0.2) is 31.4 Å². The van der Waals surface area contributed by atoms with Crippen LogP contribution >= 0.6 is 0 Å². The van der Waals surface area contributed by atoms with E-state index < -0.39 is 0 Å². The molecule has 5 heteroatoms. The number of nitrogens with zero attached hydrogens (tertiary/aromatic N) is 4. The van der Waals surface area contributed by atoms with E-state index in [-0.39, 0.29) is 5.91 Å². The Morgan fingerprint density at radius 2 is 2.05 bits per heavy atom. The molecular formula is C17H22N4O. The number of carbonyl (C=O) groups excluding carboxylic acids is 1. The molecule has 0 bridgehead atoms. The van der Waals surface area contributed by atoms with Crippen LogP contribution in [0.25, 0.3) is 0 Å². The first-order valence-corrected chi connectivity index (χ1v) is 7.94. The maximum absolute atomic E-state index is 12.9. The predicted octanol–water partition coefficient (Wildman–Crippen LogP) is 2.79. The second-order valence-corrected chi connectivity index (χ2v) is 5.89. The van der Waals surface area contributed by atoms with Gasteiger partial charge in [0.1, 0.15) is 11.5 Å². The number of aryl methyl sites for hydroxylation is 1. The molecule has 116 valence electrons. The van der Waals surface area contributed by atoms with E-state index in [9.17, 15) is 4.79 Å². The van der Waals surface area contributed by atoms with Crippen molar-refractivity contribution in [2.75, 3.05) is 0 Å². The van der Waals surface area contributed by atoms with Gasteiger partial charge in [0, 0.05) is 31.7 Å². The van der Waals surface area contributed by atoms with Crippen molar-refractivity contribution in [1.29, 1.82) is 0 Å². The quantitative estimate of drug-likeness (QED) is 0.872. The summed E-state index contributed by atoms with van der Waals surface area (Å²) in [7, 11) is 1.96. The fourth-order valence-electron chi connectivity index (χ4n) is 3.10. The number of imidazole rings is 1. The number of aromatic nitrogens is 3. The van der Waals surface area contributed by atoms with E-state index in [1.54, 1.807) is 18.5 Å². The smallest absolute Gasteiger partial charge is 0.273 e. The van der Waals surface area contributed by atoms with E-state index in [2.05, 4.69) is 9.97 Å². The van der Waals surface area contributed by atoms with E-state index in [0.717, 1.165) is 18.7 Å². The lowest BCUT2D eigenvalue weighted by atomic mass is 9.94. The van der Waals surface area contributed by atoms with Crippen molar-refractivity contribution in [2.45, 2.75) is 44.7 Å². The van der Waals surface area contributed by atoms with Crippen LogP contribution in [0.2, 0.25) is 0 Å². The van der Waals surface area contributed by atoms with Gasteiger partial charge in [0.05, 0.1) is 6.54 Å². The summed E-state index contributed by atoms with van der Waals surface area (Å²) in [5, 5.41) is 0. The zero-order valence-electron chi connectivity index (χ0n) is 13.0. The molecule has 1 aliphatic rings. The SMILES string of the molecule is Cn1ccnc1CN(C(=O)c1ccccn1)C1CCCCC1. The van der Waals surface area contributed by atoms with Gasteiger partial charge in [-0.3, -0.25) is 9.78 Å². The van der Waals surface area contributed by atoms with Crippen LogP contribution in [0.3, 0.4) is 0 Å². The largest absolute Gasteiger partial charge is 0.337 e. The molecule has 0 aromatic carbocycles. The Morgan fingerprint density at radius 1 is 1.23 bits per heavy atom. The van der Waals surface area contributed by atoms with Gasteiger partial charge in [0.25, 0.3) is 5.91 Å². The molecule has 1 aliphatic carbocycles. The normalized spacial score (nSPS) is 15.7. The number of hydrogen-bond donors (Lipinski definition) is 0. The summed E-state index contributed by atoms with van der Waals surface area (Å²) in [5.41, 5.74) is 0.516. The molecule has 1 saturated carbocycles. The molecule has 22 heavy (non-hydrogen) atoms. The molecule has 1 amide bonds. The Kier molecular flexibility index (Phi) is 4.51. The Labute approximate surface area is 131 Å². The third kappa shape index (κ3) is 3.18. The van der Waals surface area contributed by atoms with Gasteiger partial charge in [0.2, 0.25) is 0 Å². The average Bonchev–Trinajstić information content (AvgIpc) is 2.98. The highest BCUT2D eigenvalue weighted by Crippen LogP contribution is 2.25. The first-order valence-electron chi connectivity index (χ1n) is 7.94. The summed E-state index contributed by atoms with van der Waals surface area (Å²) in [6.07, 6.45) is 11.2. The summed E-state index contributed by atoms with van der Waals surface area (Å²) in [6.45, 7) is 0.545. The molecule has 2 aromatic heterocycles. The average molecular weight is 298 g/mol. The van der Waals surface area contributed by atoms with Crippen LogP contribution in [0.1, 0.15) is 48.4 Å². The molecule has 0 atom stereocenters. The van der Waals surface area contributed by atoms with Crippen molar-refractivity contribution in [3.63, 3.8) is 0 Å². The third-order valence-electron chi connectivity index (χ3n) is 4.39. The highest BCUT2D eigenvalue weighted by atomic mass is 16.2. The Hall–Kier alpha value is -2.17. The molecule has 0 spiro atoms. The number of hydrogen-bond acceptors (Lipinski definition) is 3. The van der Waals surface area contributed by atoms with Crippen LogP contribution in [0, 0.1) is 0 Å². The maximum Gasteiger partial charge on any atom is 0.273 e. The van der Waals surface area contributed by atoms with Crippen molar-refractivity contribution in [3.8, 4) is 0 Å². The Balaban J connectivity index is 1.85. The summed E-state index contributed by atoms with van der Waals surface area (Å²) in [4.78, 5) is 23.5. The van der Waals surface area contributed by atoms with E-state index in [0.29, 0.717) is 18.3 Å². The minimum absolute atomic E-state index is 0.00972. The highest BCUT2D eigenvalue weighted by molar-refractivity contribution is 5.92. The maximum atomic E-state index is 12.9. The van der Waals surface area contributed by atoms with Gasteiger partial charge in [-0.05, 0) is 25.0 Å². The van der Waals surface area contributed by atoms with Crippen molar-refractivity contribution >= 4 is 5.91 Å². The van der Waals surface area contributed by atoms with Crippen molar-refractivity contribution in [2.24, 2.45) is 7.05 Å². The van der Waals surface area contributed by atoms with Crippen LogP contribution in [-0.2, 0) is 13.6 Å². The van der Waals surface area contributed by atoms with Gasteiger partial charge in [-0.15, -0.1) is 0 Å². The van der Waals surface area contributed by atoms with E-state index >= 15 is 0 Å². The molecule has 0 saturated heterocycles. The monoisotopic (exact) mass is 298 g/mol. The predicted molar refractivity (Wildman–Crippen MR) is 84.2 cm³/mol. The lowest BCUT2D eigenvalue weighted by molar-refractivity contribution is 0.0599.